The molecule has 2 atom stereocenters. The zero-order valence-electron chi connectivity index (χ0n) is 9.65. The highest BCUT2D eigenvalue weighted by molar-refractivity contribution is 7.89. The van der Waals surface area contributed by atoms with Gasteiger partial charge in [-0.25, -0.2) is 8.42 Å². The molecule has 0 radical (unpaired) electrons. The van der Waals surface area contributed by atoms with Crippen molar-refractivity contribution in [1.82, 2.24) is 9.62 Å². The molecule has 2 heterocycles. The van der Waals surface area contributed by atoms with E-state index in [-0.39, 0.29) is 11.8 Å². The Hall–Kier alpha value is -0.170. The predicted octanol–water partition coefficient (Wildman–Crippen LogP) is -0.475. The van der Waals surface area contributed by atoms with Gasteiger partial charge in [-0.3, -0.25) is 0 Å². The molecule has 0 saturated carbocycles. The van der Waals surface area contributed by atoms with Crippen molar-refractivity contribution in [3.63, 3.8) is 0 Å². The van der Waals surface area contributed by atoms with E-state index in [1.807, 2.05) is 0 Å². The lowest BCUT2D eigenvalue weighted by Gasteiger charge is -2.28. The van der Waals surface area contributed by atoms with Crippen molar-refractivity contribution in [3.8, 4) is 0 Å². The number of sulfonamides is 1. The number of β-amino-alcohol motifs (C(OH)–C–C–N with tert-alkyl or cyclic N) is 1. The molecule has 2 aliphatic rings. The van der Waals surface area contributed by atoms with Crippen LogP contribution in [-0.2, 0) is 10.0 Å². The summed E-state index contributed by atoms with van der Waals surface area (Å²) in [5.41, 5.74) is -0.852. The van der Waals surface area contributed by atoms with Gasteiger partial charge in [0, 0.05) is 19.6 Å². The van der Waals surface area contributed by atoms with Gasteiger partial charge in [-0.1, -0.05) is 0 Å². The molecule has 0 spiro atoms. The van der Waals surface area contributed by atoms with E-state index in [2.05, 4.69) is 5.32 Å². The van der Waals surface area contributed by atoms with Crippen LogP contribution in [0.4, 0.5) is 0 Å². The molecule has 0 aromatic carbocycles. The van der Waals surface area contributed by atoms with Crippen LogP contribution in [0.1, 0.15) is 26.2 Å². The average molecular weight is 248 g/mol. The second-order valence-electron chi connectivity index (χ2n) is 5.09. The van der Waals surface area contributed by atoms with Crippen LogP contribution in [0.2, 0.25) is 0 Å². The van der Waals surface area contributed by atoms with Gasteiger partial charge < -0.3 is 10.4 Å². The number of nitrogens with one attached hydrogen (secondary N) is 1. The monoisotopic (exact) mass is 248 g/mol. The maximum Gasteiger partial charge on any atom is 0.218 e. The standard InChI is InChI=1S/C10H20N2O3S/c1-10(13)4-6-12(8-10)16(14,15)9-3-2-5-11-7-9/h9,11,13H,2-8H2,1H3. The molecule has 6 heteroatoms. The van der Waals surface area contributed by atoms with E-state index in [0.717, 1.165) is 19.4 Å². The molecule has 0 aliphatic carbocycles. The van der Waals surface area contributed by atoms with Crippen molar-refractivity contribution in [1.29, 1.82) is 0 Å². The minimum atomic E-state index is -3.22. The van der Waals surface area contributed by atoms with Gasteiger partial charge in [0.25, 0.3) is 0 Å². The lowest BCUT2D eigenvalue weighted by molar-refractivity contribution is 0.0761. The van der Waals surface area contributed by atoms with Gasteiger partial charge in [0.15, 0.2) is 0 Å². The summed E-state index contributed by atoms with van der Waals surface area (Å²) < 4.78 is 26.0. The molecule has 2 aliphatic heterocycles. The molecule has 2 N–H and O–H groups in total. The Morgan fingerprint density at radius 2 is 2.25 bits per heavy atom. The SMILES string of the molecule is CC1(O)CCN(S(=O)(=O)C2CCCNC2)C1. The van der Waals surface area contributed by atoms with E-state index in [0.29, 0.717) is 19.5 Å². The van der Waals surface area contributed by atoms with Crippen molar-refractivity contribution < 1.29 is 13.5 Å². The second kappa shape index (κ2) is 4.25. The zero-order chi connectivity index (χ0) is 11.8. The third-order valence-electron chi connectivity index (χ3n) is 3.45. The van der Waals surface area contributed by atoms with Crippen LogP contribution in [0.15, 0.2) is 0 Å². The lowest BCUT2D eigenvalue weighted by Crippen LogP contribution is -2.46. The van der Waals surface area contributed by atoms with E-state index in [9.17, 15) is 13.5 Å². The van der Waals surface area contributed by atoms with E-state index in [1.165, 1.54) is 4.31 Å². The first-order chi connectivity index (χ1) is 7.42. The molecule has 5 nitrogen and oxygen atoms in total. The average Bonchev–Trinajstić information content (AvgIpc) is 2.61. The molecular formula is C10H20N2O3S. The highest BCUT2D eigenvalue weighted by Gasteiger charge is 2.41. The van der Waals surface area contributed by atoms with Crippen LogP contribution >= 0.6 is 0 Å². The molecule has 2 fully saturated rings. The van der Waals surface area contributed by atoms with Gasteiger partial charge in [-0.2, -0.15) is 4.31 Å². The summed E-state index contributed by atoms with van der Waals surface area (Å²) in [6.45, 7) is 3.84. The van der Waals surface area contributed by atoms with Crippen LogP contribution in [-0.4, -0.2) is 54.9 Å². The smallest absolute Gasteiger partial charge is 0.218 e. The largest absolute Gasteiger partial charge is 0.389 e. The number of hydrogen-bond donors (Lipinski definition) is 2. The lowest BCUT2D eigenvalue weighted by atomic mass is 10.1. The molecule has 2 saturated heterocycles. The summed E-state index contributed by atoms with van der Waals surface area (Å²) in [6, 6.07) is 0. The molecule has 2 unspecified atom stereocenters. The summed E-state index contributed by atoms with van der Waals surface area (Å²) in [4.78, 5) is 0. The van der Waals surface area contributed by atoms with Crippen molar-refractivity contribution in [2.24, 2.45) is 0 Å². The fourth-order valence-corrected chi connectivity index (χ4v) is 4.42. The van der Waals surface area contributed by atoms with E-state index in [4.69, 9.17) is 0 Å². The van der Waals surface area contributed by atoms with Crippen LogP contribution < -0.4 is 5.32 Å². The summed E-state index contributed by atoms with van der Waals surface area (Å²) in [6.07, 6.45) is 2.18. The first kappa shape index (κ1) is 12.3. The number of aliphatic hydroxyl groups is 1. The number of hydrogen-bond acceptors (Lipinski definition) is 4. The Kier molecular flexibility index (Phi) is 3.27. The molecular weight excluding hydrogens is 228 g/mol. The fourth-order valence-electron chi connectivity index (χ4n) is 2.41. The van der Waals surface area contributed by atoms with E-state index in [1.54, 1.807) is 6.92 Å². The summed E-state index contributed by atoms with van der Waals surface area (Å²) >= 11 is 0. The zero-order valence-corrected chi connectivity index (χ0v) is 10.5. The van der Waals surface area contributed by atoms with Gasteiger partial charge >= 0.3 is 0 Å². The van der Waals surface area contributed by atoms with E-state index < -0.39 is 15.6 Å². The van der Waals surface area contributed by atoms with Crippen LogP contribution in [0, 0.1) is 0 Å². The van der Waals surface area contributed by atoms with Crippen LogP contribution in [0.5, 0.6) is 0 Å². The third kappa shape index (κ3) is 2.40. The van der Waals surface area contributed by atoms with Gasteiger partial charge in [0.1, 0.15) is 0 Å². The van der Waals surface area contributed by atoms with Crippen molar-refractivity contribution in [2.75, 3.05) is 26.2 Å². The Morgan fingerprint density at radius 1 is 1.50 bits per heavy atom. The van der Waals surface area contributed by atoms with Crippen molar-refractivity contribution >= 4 is 10.0 Å². The van der Waals surface area contributed by atoms with E-state index >= 15 is 0 Å². The Balaban J connectivity index is 2.07. The Bertz CT molecular complexity index is 347. The first-order valence-electron chi connectivity index (χ1n) is 5.84. The molecule has 0 amide bonds. The predicted molar refractivity (Wildman–Crippen MR) is 61.6 cm³/mol. The Labute approximate surface area is 96.9 Å². The summed E-state index contributed by atoms with van der Waals surface area (Å²) in [5.74, 6) is 0. The summed E-state index contributed by atoms with van der Waals surface area (Å²) in [7, 11) is -3.22. The number of rotatable bonds is 2. The van der Waals surface area contributed by atoms with Gasteiger partial charge in [0.05, 0.1) is 10.9 Å². The topological polar surface area (TPSA) is 69.6 Å². The van der Waals surface area contributed by atoms with Crippen molar-refractivity contribution in [2.45, 2.75) is 37.0 Å². The molecule has 94 valence electrons. The highest BCUT2D eigenvalue weighted by atomic mass is 32.2. The normalized spacial score (nSPS) is 37.8. The molecule has 0 aromatic rings. The minimum Gasteiger partial charge on any atom is -0.389 e. The Morgan fingerprint density at radius 3 is 2.75 bits per heavy atom. The molecule has 2 rings (SSSR count). The molecule has 16 heavy (non-hydrogen) atoms. The van der Waals surface area contributed by atoms with Crippen molar-refractivity contribution in [3.05, 3.63) is 0 Å². The van der Waals surface area contributed by atoms with Crippen LogP contribution in [0.3, 0.4) is 0 Å². The second-order valence-corrected chi connectivity index (χ2v) is 7.31. The summed E-state index contributed by atoms with van der Waals surface area (Å²) in [5, 5.41) is 12.6. The minimum absolute atomic E-state index is 0.242. The maximum atomic E-state index is 12.3. The third-order valence-corrected chi connectivity index (χ3v) is 5.73. The van der Waals surface area contributed by atoms with Crippen LogP contribution in [0.25, 0.3) is 0 Å². The van der Waals surface area contributed by atoms with Gasteiger partial charge in [0.2, 0.25) is 10.0 Å². The fraction of sp³-hybridized carbons (Fsp3) is 1.00. The highest BCUT2D eigenvalue weighted by Crippen LogP contribution is 2.26. The van der Waals surface area contributed by atoms with Gasteiger partial charge in [-0.05, 0) is 32.7 Å². The first-order valence-corrected chi connectivity index (χ1v) is 7.34. The molecule has 0 bridgehead atoms. The maximum absolute atomic E-state index is 12.3. The quantitative estimate of drug-likeness (QED) is 0.693. The molecule has 0 aromatic heterocycles. The number of piperidine rings is 1. The number of nitrogens with zero attached hydrogens (tertiary/aromatic N) is 1. The van der Waals surface area contributed by atoms with Gasteiger partial charge in [-0.15, -0.1) is 0 Å².